The topological polar surface area (TPSA) is 73.2 Å². The summed E-state index contributed by atoms with van der Waals surface area (Å²) in [6.07, 6.45) is 0.674. The van der Waals surface area contributed by atoms with Crippen LogP contribution >= 0.6 is 0 Å². The highest BCUT2D eigenvalue weighted by Gasteiger charge is 2.73. The predicted molar refractivity (Wildman–Crippen MR) is 159 cm³/mol. The molecule has 6 nitrogen and oxygen atoms in total. The van der Waals surface area contributed by atoms with Crippen LogP contribution in [0, 0.1) is 0 Å². The number of hydrogen-bond acceptors (Lipinski definition) is 5. The summed E-state index contributed by atoms with van der Waals surface area (Å²) in [5.41, 5.74) is 0.744. The van der Waals surface area contributed by atoms with Gasteiger partial charge in [-0.2, -0.15) is 13.2 Å². The minimum absolute atomic E-state index is 0.0250. The van der Waals surface area contributed by atoms with Crippen molar-refractivity contribution in [2.45, 2.75) is 67.5 Å². The maximum Gasteiger partial charge on any atom is 0.416 e. The third kappa shape index (κ3) is 4.35. The number of carbonyl (C=O) groups excluding carboxylic acids is 1. The van der Waals surface area contributed by atoms with Gasteiger partial charge in [0.15, 0.2) is 11.5 Å². The molecule has 4 aliphatic rings. The Bertz CT molecular complexity index is 1630. The van der Waals surface area contributed by atoms with E-state index >= 15 is 0 Å². The third-order valence-electron chi connectivity index (χ3n) is 10.5. The second-order valence-electron chi connectivity index (χ2n) is 12.6. The van der Waals surface area contributed by atoms with Gasteiger partial charge in [-0.25, -0.2) is 0 Å². The van der Waals surface area contributed by atoms with Crippen LogP contribution in [0.15, 0.2) is 72.8 Å². The molecule has 1 saturated heterocycles. The highest BCUT2D eigenvalue weighted by atomic mass is 19.4. The van der Waals surface area contributed by atoms with Crippen molar-refractivity contribution >= 4 is 12.0 Å². The number of hydrogen-bond donors (Lipinski definition) is 2. The van der Waals surface area contributed by atoms with Crippen LogP contribution < -0.4 is 4.74 Å². The molecule has 2 aliphatic heterocycles. The molecule has 2 N–H and O–H groups in total. The molecule has 9 heteroatoms. The zero-order valence-corrected chi connectivity index (χ0v) is 24.4. The number of aliphatic hydroxyl groups is 1. The monoisotopic (exact) mass is 604 g/mol. The van der Waals surface area contributed by atoms with Gasteiger partial charge in [-0.05, 0) is 79.6 Å². The zero-order valence-electron chi connectivity index (χ0n) is 24.4. The molecule has 0 aromatic heterocycles. The molecule has 1 amide bonds. The fourth-order valence-corrected chi connectivity index (χ4v) is 8.45. The number of rotatable bonds is 6. The van der Waals surface area contributed by atoms with Gasteiger partial charge in [-0.15, -0.1) is 0 Å². The van der Waals surface area contributed by atoms with Crippen molar-refractivity contribution in [3.05, 3.63) is 101 Å². The lowest BCUT2D eigenvalue weighted by Crippen LogP contribution is -2.78. The number of alkyl halides is 3. The number of phenols is 1. The normalized spacial score (nSPS) is 28.9. The number of aromatic hydroxyl groups is 1. The second-order valence-corrected chi connectivity index (χ2v) is 12.6. The first-order chi connectivity index (χ1) is 21.0. The van der Waals surface area contributed by atoms with Crippen LogP contribution in [-0.2, 0) is 29.2 Å². The highest BCUT2D eigenvalue weighted by molar-refractivity contribution is 5.92. The summed E-state index contributed by atoms with van der Waals surface area (Å²) in [7, 11) is 1.67. The van der Waals surface area contributed by atoms with E-state index in [0.29, 0.717) is 31.4 Å². The maximum atomic E-state index is 13.5. The van der Waals surface area contributed by atoms with Gasteiger partial charge in [-0.1, -0.05) is 48.5 Å². The Morgan fingerprint density at radius 2 is 1.91 bits per heavy atom. The number of ether oxygens (including phenoxy) is 1. The molecule has 230 valence electrons. The van der Waals surface area contributed by atoms with Crippen molar-refractivity contribution in [3.63, 3.8) is 0 Å². The zero-order chi connectivity index (χ0) is 30.9. The molecule has 2 bridgehead atoms. The van der Waals surface area contributed by atoms with Gasteiger partial charge in [0.25, 0.3) is 0 Å². The molecule has 3 aromatic carbocycles. The predicted octanol–water partition coefficient (Wildman–Crippen LogP) is 5.35. The van der Waals surface area contributed by atoms with Gasteiger partial charge in [0.2, 0.25) is 5.91 Å². The largest absolute Gasteiger partial charge is 0.504 e. The first kappa shape index (κ1) is 28.9. The lowest BCUT2D eigenvalue weighted by Gasteiger charge is -2.64. The minimum atomic E-state index is -4.48. The van der Waals surface area contributed by atoms with Crippen molar-refractivity contribution in [2.24, 2.45) is 0 Å². The van der Waals surface area contributed by atoms with E-state index < -0.39 is 34.9 Å². The van der Waals surface area contributed by atoms with Crippen molar-refractivity contribution in [1.29, 1.82) is 0 Å². The molecule has 2 fully saturated rings. The number of likely N-dealkylation sites (tertiary alicyclic amines) is 1. The summed E-state index contributed by atoms with van der Waals surface area (Å²) in [6.45, 7) is 1.55. The van der Waals surface area contributed by atoms with Crippen LogP contribution in [0.2, 0.25) is 0 Å². The maximum absolute atomic E-state index is 13.5. The van der Waals surface area contributed by atoms with Crippen molar-refractivity contribution in [1.82, 2.24) is 9.80 Å². The van der Waals surface area contributed by atoms with Crippen LogP contribution in [0.1, 0.15) is 47.1 Å². The summed E-state index contributed by atoms with van der Waals surface area (Å²) < 4.78 is 46.1. The fourth-order valence-electron chi connectivity index (χ4n) is 8.45. The van der Waals surface area contributed by atoms with E-state index in [-0.39, 0.29) is 23.3 Å². The van der Waals surface area contributed by atoms with Crippen molar-refractivity contribution in [3.8, 4) is 11.5 Å². The number of piperidine rings is 1. The number of halogens is 3. The average molecular weight is 605 g/mol. The number of benzene rings is 3. The Hall–Kier alpha value is -3.82. The molecular weight excluding hydrogens is 569 g/mol. The van der Waals surface area contributed by atoms with Gasteiger partial charge >= 0.3 is 6.18 Å². The summed E-state index contributed by atoms with van der Waals surface area (Å²) in [6, 6.07) is 18.2. The van der Waals surface area contributed by atoms with E-state index in [9.17, 15) is 28.2 Å². The number of nitrogens with zero attached hydrogens (tertiary/aromatic N) is 2. The lowest BCUT2D eigenvalue weighted by molar-refractivity contribution is -0.199. The molecule has 0 radical (unpaired) electrons. The SMILES string of the molecule is CN(C(=O)/C=C/c1cccc(C(F)(F)F)c1)C1CC[C@@]2(O)[C@H]3Cc4ccc(O)c5c4[C@@]2(CCN3CCc2ccccc2)C1O5. The second kappa shape index (κ2) is 10.4. The smallest absolute Gasteiger partial charge is 0.416 e. The van der Waals surface area contributed by atoms with E-state index in [2.05, 4.69) is 17.0 Å². The minimum Gasteiger partial charge on any atom is -0.504 e. The molecule has 7 rings (SSSR count). The van der Waals surface area contributed by atoms with E-state index in [1.165, 1.54) is 29.8 Å². The Morgan fingerprint density at radius 3 is 2.68 bits per heavy atom. The van der Waals surface area contributed by atoms with Gasteiger partial charge < -0.3 is 19.8 Å². The fraction of sp³-hybridized carbons (Fsp3) is 0.400. The molecule has 2 heterocycles. The quantitative estimate of drug-likeness (QED) is 0.372. The molecule has 44 heavy (non-hydrogen) atoms. The van der Waals surface area contributed by atoms with Gasteiger partial charge in [0.1, 0.15) is 6.10 Å². The Kier molecular flexibility index (Phi) is 6.82. The molecule has 2 unspecified atom stereocenters. The van der Waals surface area contributed by atoms with E-state index in [1.807, 2.05) is 24.3 Å². The van der Waals surface area contributed by atoms with Crippen molar-refractivity contribution < 1.29 is 32.9 Å². The number of likely N-dealkylation sites (N-methyl/N-ethyl adjacent to an activating group) is 1. The van der Waals surface area contributed by atoms with Gasteiger partial charge in [0, 0.05) is 31.3 Å². The summed E-state index contributed by atoms with van der Waals surface area (Å²) in [5, 5.41) is 23.6. The van der Waals surface area contributed by atoms with Gasteiger partial charge in [0.05, 0.1) is 22.6 Å². The standard InChI is InChI=1S/C35H35F3N2O4/c1-39(29(42)13-10-23-8-5-9-25(20-23)35(36,37)38)26-14-16-34(43)28-21-24-11-12-27(41)31-30(24)33(34,32(26)44-31)17-19-40(28)18-15-22-6-3-2-4-7-22/h2-13,20,26,28,32,41,43H,14-19,21H2,1H3/b13-10+/t26?,28-,32?,33+,34-/m1/s1. The first-order valence-corrected chi connectivity index (χ1v) is 15.2. The van der Waals surface area contributed by atoms with Crippen LogP contribution in [0.5, 0.6) is 11.5 Å². The van der Waals surface area contributed by atoms with E-state index in [0.717, 1.165) is 42.8 Å². The number of carbonyl (C=O) groups is 1. The summed E-state index contributed by atoms with van der Waals surface area (Å²) in [5.74, 6) is 0.0530. The Labute approximate surface area is 254 Å². The van der Waals surface area contributed by atoms with Crippen LogP contribution in [0.25, 0.3) is 6.08 Å². The number of phenolic OH excluding ortho intramolecular Hbond substituents is 1. The summed E-state index contributed by atoms with van der Waals surface area (Å²) >= 11 is 0. The lowest BCUT2D eigenvalue weighted by atomic mass is 9.48. The Balaban J connectivity index is 1.19. The van der Waals surface area contributed by atoms with Crippen LogP contribution in [0.3, 0.4) is 0 Å². The third-order valence-corrected chi connectivity index (χ3v) is 10.5. The molecular formula is C35H35F3N2O4. The first-order valence-electron chi connectivity index (χ1n) is 15.2. The molecule has 1 saturated carbocycles. The van der Waals surface area contributed by atoms with Crippen molar-refractivity contribution in [2.75, 3.05) is 20.1 Å². The number of amides is 1. The molecule has 5 atom stereocenters. The molecule has 1 spiro atoms. The highest BCUT2D eigenvalue weighted by Crippen LogP contribution is 2.65. The van der Waals surface area contributed by atoms with E-state index in [4.69, 9.17) is 4.74 Å². The van der Waals surface area contributed by atoms with Crippen LogP contribution in [0.4, 0.5) is 13.2 Å². The summed E-state index contributed by atoms with van der Waals surface area (Å²) in [4.78, 5) is 17.4. The molecule has 3 aromatic rings. The van der Waals surface area contributed by atoms with E-state index in [1.54, 1.807) is 18.0 Å². The average Bonchev–Trinajstić information content (AvgIpc) is 3.36. The van der Waals surface area contributed by atoms with Crippen LogP contribution in [-0.4, -0.2) is 69.8 Å². The molecule has 2 aliphatic carbocycles. The Morgan fingerprint density at radius 1 is 1.11 bits per heavy atom. The van der Waals surface area contributed by atoms with Gasteiger partial charge in [-0.3, -0.25) is 9.69 Å².